The summed E-state index contributed by atoms with van der Waals surface area (Å²) in [6.45, 7) is 2.28. The van der Waals surface area contributed by atoms with Crippen molar-refractivity contribution in [2.75, 3.05) is 13.7 Å². The fraction of sp³-hybridized carbons (Fsp3) is 0.211. The van der Waals surface area contributed by atoms with Gasteiger partial charge in [-0.2, -0.15) is 0 Å². The molecule has 0 bridgehead atoms. The Balaban J connectivity index is 1.74. The van der Waals surface area contributed by atoms with Crippen molar-refractivity contribution >= 4 is 18.1 Å². The molecule has 2 aromatic rings. The lowest BCUT2D eigenvalue weighted by molar-refractivity contribution is -0.125. The molecule has 0 aromatic heterocycles. The molecule has 1 N–H and O–H groups in total. The van der Waals surface area contributed by atoms with Crippen molar-refractivity contribution in [2.24, 2.45) is 5.16 Å². The van der Waals surface area contributed by atoms with Gasteiger partial charge in [0.2, 0.25) is 0 Å². The van der Waals surface area contributed by atoms with Gasteiger partial charge in [0.1, 0.15) is 0 Å². The van der Waals surface area contributed by atoms with E-state index in [0.717, 1.165) is 16.7 Å². The van der Waals surface area contributed by atoms with Gasteiger partial charge in [0, 0.05) is 6.54 Å². The summed E-state index contributed by atoms with van der Waals surface area (Å²) in [6, 6.07) is 14.5. The molecule has 130 valence electrons. The van der Waals surface area contributed by atoms with Gasteiger partial charge in [-0.05, 0) is 35.7 Å². The maximum Gasteiger partial charge on any atom is 0.337 e. The number of hydrogen-bond acceptors (Lipinski definition) is 5. The van der Waals surface area contributed by atoms with E-state index >= 15 is 0 Å². The van der Waals surface area contributed by atoms with Crippen LogP contribution < -0.4 is 5.32 Å². The smallest absolute Gasteiger partial charge is 0.337 e. The summed E-state index contributed by atoms with van der Waals surface area (Å²) < 4.78 is 4.62. The standard InChI is InChI=1S/C19H20N2O4/c1-14-5-3-4-6-17(14)12-20-18(22)13-25-21-11-15-7-9-16(10-8-15)19(23)24-2/h3-11H,12-13H2,1-2H3,(H,20,22)/b21-11+. The highest BCUT2D eigenvalue weighted by Crippen LogP contribution is 2.06. The molecule has 0 aliphatic carbocycles. The van der Waals surface area contributed by atoms with Gasteiger partial charge in [0.05, 0.1) is 18.9 Å². The van der Waals surface area contributed by atoms with Crippen LogP contribution in [0.3, 0.4) is 0 Å². The highest BCUT2D eigenvalue weighted by molar-refractivity contribution is 5.90. The van der Waals surface area contributed by atoms with Crippen LogP contribution in [-0.4, -0.2) is 31.8 Å². The fourth-order valence-corrected chi connectivity index (χ4v) is 2.07. The minimum atomic E-state index is -0.398. The van der Waals surface area contributed by atoms with Crippen LogP contribution in [0.25, 0.3) is 0 Å². The number of carbonyl (C=O) groups is 2. The van der Waals surface area contributed by atoms with E-state index in [4.69, 9.17) is 4.84 Å². The summed E-state index contributed by atoms with van der Waals surface area (Å²) in [7, 11) is 1.33. The second-order valence-electron chi connectivity index (χ2n) is 5.32. The Hall–Kier alpha value is -3.15. The normalized spacial score (nSPS) is 10.5. The Bertz CT molecular complexity index is 754. The van der Waals surface area contributed by atoms with Gasteiger partial charge >= 0.3 is 5.97 Å². The molecule has 25 heavy (non-hydrogen) atoms. The minimum Gasteiger partial charge on any atom is -0.465 e. The number of ether oxygens (including phenoxy) is 1. The van der Waals surface area contributed by atoms with E-state index in [0.29, 0.717) is 12.1 Å². The molecule has 0 unspecified atom stereocenters. The Morgan fingerprint density at radius 2 is 1.84 bits per heavy atom. The third-order valence-electron chi connectivity index (χ3n) is 3.54. The molecule has 6 nitrogen and oxygen atoms in total. The molecule has 0 spiro atoms. The number of esters is 1. The zero-order valence-electron chi connectivity index (χ0n) is 14.2. The Morgan fingerprint density at radius 1 is 1.12 bits per heavy atom. The zero-order valence-corrected chi connectivity index (χ0v) is 14.2. The van der Waals surface area contributed by atoms with Crippen LogP contribution in [0, 0.1) is 6.92 Å². The molecule has 1 amide bonds. The molecule has 0 heterocycles. The summed E-state index contributed by atoms with van der Waals surface area (Å²) in [5.41, 5.74) is 3.38. The average molecular weight is 340 g/mol. The monoisotopic (exact) mass is 340 g/mol. The number of amides is 1. The number of nitrogens with zero attached hydrogens (tertiary/aromatic N) is 1. The number of oxime groups is 1. The first-order valence-electron chi connectivity index (χ1n) is 7.75. The van der Waals surface area contributed by atoms with Gasteiger partial charge in [0.15, 0.2) is 6.61 Å². The van der Waals surface area contributed by atoms with E-state index in [2.05, 4.69) is 15.2 Å². The molecule has 2 aromatic carbocycles. The van der Waals surface area contributed by atoms with E-state index in [1.54, 1.807) is 24.3 Å². The Kier molecular flexibility index (Phi) is 6.71. The van der Waals surface area contributed by atoms with E-state index in [1.807, 2.05) is 31.2 Å². The number of methoxy groups -OCH3 is 1. The lowest BCUT2D eigenvalue weighted by atomic mass is 10.1. The van der Waals surface area contributed by atoms with Crippen LogP contribution in [0.4, 0.5) is 0 Å². The van der Waals surface area contributed by atoms with Crippen LogP contribution in [0.1, 0.15) is 27.0 Å². The Labute approximate surface area is 146 Å². The van der Waals surface area contributed by atoms with E-state index < -0.39 is 5.97 Å². The van der Waals surface area contributed by atoms with Crippen molar-refractivity contribution in [3.05, 3.63) is 70.8 Å². The van der Waals surface area contributed by atoms with Gasteiger partial charge in [-0.15, -0.1) is 0 Å². The molecule has 0 saturated carbocycles. The molecule has 6 heteroatoms. The highest BCUT2D eigenvalue weighted by atomic mass is 16.6. The zero-order chi connectivity index (χ0) is 18.1. The lowest BCUT2D eigenvalue weighted by Crippen LogP contribution is -2.26. The highest BCUT2D eigenvalue weighted by Gasteiger charge is 2.04. The van der Waals surface area contributed by atoms with E-state index in [-0.39, 0.29) is 12.5 Å². The summed E-state index contributed by atoms with van der Waals surface area (Å²) in [6.07, 6.45) is 1.47. The maximum absolute atomic E-state index is 11.7. The van der Waals surface area contributed by atoms with Crippen molar-refractivity contribution in [3.63, 3.8) is 0 Å². The minimum absolute atomic E-state index is 0.164. The lowest BCUT2D eigenvalue weighted by Gasteiger charge is -2.07. The third kappa shape index (κ3) is 5.76. The number of carbonyl (C=O) groups excluding carboxylic acids is 2. The molecule has 0 fully saturated rings. The van der Waals surface area contributed by atoms with Gasteiger partial charge in [-0.25, -0.2) is 4.79 Å². The Morgan fingerprint density at radius 3 is 2.52 bits per heavy atom. The van der Waals surface area contributed by atoms with Crippen molar-refractivity contribution < 1.29 is 19.2 Å². The summed E-state index contributed by atoms with van der Waals surface area (Å²) in [4.78, 5) is 28.0. The summed E-state index contributed by atoms with van der Waals surface area (Å²) >= 11 is 0. The predicted molar refractivity (Wildman–Crippen MR) is 94.4 cm³/mol. The molecule has 0 radical (unpaired) electrons. The first-order chi connectivity index (χ1) is 12.1. The number of aryl methyl sites for hydroxylation is 1. The molecular weight excluding hydrogens is 320 g/mol. The molecule has 0 aliphatic rings. The van der Waals surface area contributed by atoms with Gasteiger partial charge < -0.3 is 14.9 Å². The molecule has 2 rings (SSSR count). The van der Waals surface area contributed by atoms with E-state index in [9.17, 15) is 9.59 Å². The average Bonchev–Trinajstić information content (AvgIpc) is 2.64. The van der Waals surface area contributed by atoms with Crippen LogP contribution in [0.2, 0.25) is 0 Å². The molecule has 0 aliphatic heterocycles. The quantitative estimate of drug-likeness (QED) is 0.477. The van der Waals surface area contributed by atoms with Crippen LogP contribution in [-0.2, 0) is 20.9 Å². The fourth-order valence-electron chi connectivity index (χ4n) is 2.07. The maximum atomic E-state index is 11.7. The van der Waals surface area contributed by atoms with Crippen LogP contribution in [0.15, 0.2) is 53.7 Å². The number of hydrogen-bond donors (Lipinski definition) is 1. The van der Waals surface area contributed by atoms with E-state index in [1.165, 1.54) is 13.3 Å². The second kappa shape index (κ2) is 9.22. The SMILES string of the molecule is COC(=O)c1ccc(/C=N/OCC(=O)NCc2ccccc2C)cc1. The largest absolute Gasteiger partial charge is 0.465 e. The van der Waals surface area contributed by atoms with Crippen molar-refractivity contribution in [1.82, 2.24) is 5.32 Å². The van der Waals surface area contributed by atoms with Crippen molar-refractivity contribution in [1.29, 1.82) is 0 Å². The van der Waals surface area contributed by atoms with Crippen LogP contribution >= 0.6 is 0 Å². The van der Waals surface area contributed by atoms with Gasteiger partial charge in [-0.1, -0.05) is 41.6 Å². The van der Waals surface area contributed by atoms with Gasteiger partial charge in [-0.3, -0.25) is 4.79 Å². The first-order valence-corrected chi connectivity index (χ1v) is 7.75. The number of benzene rings is 2. The third-order valence-corrected chi connectivity index (χ3v) is 3.54. The topological polar surface area (TPSA) is 77.0 Å². The summed E-state index contributed by atoms with van der Waals surface area (Å²) in [5.74, 6) is -0.647. The number of nitrogens with one attached hydrogen (secondary N) is 1. The predicted octanol–water partition coefficient (Wildman–Crippen LogP) is 2.45. The second-order valence-corrected chi connectivity index (χ2v) is 5.32. The van der Waals surface area contributed by atoms with Crippen molar-refractivity contribution in [3.8, 4) is 0 Å². The first kappa shape index (κ1) is 18.2. The molecule has 0 atom stereocenters. The van der Waals surface area contributed by atoms with Crippen LogP contribution in [0.5, 0.6) is 0 Å². The van der Waals surface area contributed by atoms with Gasteiger partial charge in [0.25, 0.3) is 5.91 Å². The summed E-state index contributed by atoms with van der Waals surface area (Å²) in [5, 5.41) is 6.52. The number of rotatable bonds is 7. The molecule has 0 saturated heterocycles. The molecular formula is C19H20N2O4. The van der Waals surface area contributed by atoms with Crippen molar-refractivity contribution in [2.45, 2.75) is 13.5 Å².